The van der Waals surface area contributed by atoms with Gasteiger partial charge in [0, 0.05) is 12.7 Å². The van der Waals surface area contributed by atoms with Gasteiger partial charge >= 0.3 is 0 Å². The lowest BCUT2D eigenvalue weighted by Crippen LogP contribution is -2.27. The van der Waals surface area contributed by atoms with Crippen LogP contribution in [0.4, 0.5) is 5.82 Å². The van der Waals surface area contributed by atoms with Crippen LogP contribution in [0.1, 0.15) is 49.4 Å². The number of nitrogens with one attached hydrogen (secondary N) is 1. The molecule has 0 saturated heterocycles. The van der Waals surface area contributed by atoms with Crippen LogP contribution in [0, 0.1) is 11.8 Å². The van der Waals surface area contributed by atoms with Gasteiger partial charge in [0.15, 0.2) is 0 Å². The van der Waals surface area contributed by atoms with Crippen molar-refractivity contribution >= 4 is 23.3 Å². The number of carbonyl (C=O) groups excluding carboxylic acids is 1. The zero-order chi connectivity index (χ0) is 14.5. The van der Waals surface area contributed by atoms with Gasteiger partial charge in [-0.3, -0.25) is 4.79 Å². The largest absolute Gasteiger partial charge is 0.382 e. The van der Waals surface area contributed by atoms with E-state index in [0.717, 1.165) is 18.3 Å². The second-order valence-electron chi connectivity index (χ2n) is 5.77. The average molecular weight is 296 g/mol. The number of carbonyl (C=O) groups is 1. The summed E-state index contributed by atoms with van der Waals surface area (Å²) < 4.78 is 0. The number of hydrogen-bond donors (Lipinski definition) is 2. The van der Waals surface area contributed by atoms with Crippen molar-refractivity contribution in [1.82, 2.24) is 10.3 Å². The lowest BCUT2D eigenvalue weighted by atomic mass is 9.81. The number of rotatable bonds is 4. The molecule has 20 heavy (non-hydrogen) atoms. The van der Waals surface area contributed by atoms with Gasteiger partial charge in [-0.15, -0.1) is 0 Å². The molecule has 0 bridgehead atoms. The van der Waals surface area contributed by atoms with E-state index in [4.69, 9.17) is 17.3 Å². The van der Waals surface area contributed by atoms with E-state index in [1.54, 1.807) is 6.07 Å². The van der Waals surface area contributed by atoms with E-state index in [0.29, 0.717) is 17.1 Å². The summed E-state index contributed by atoms with van der Waals surface area (Å²) >= 11 is 5.86. The number of hydrogen-bond acceptors (Lipinski definition) is 3. The molecule has 1 aromatic rings. The summed E-state index contributed by atoms with van der Waals surface area (Å²) in [5.41, 5.74) is 5.98. The molecule has 2 rings (SSSR count). The molecular weight excluding hydrogens is 274 g/mol. The predicted octanol–water partition coefficient (Wildman–Crippen LogP) is 3.26. The minimum Gasteiger partial charge on any atom is -0.382 e. The molecule has 0 aliphatic heterocycles. The number of nitrogens with zero attached hydrogens (tertiary/aromatic N) is 1. The Kier molecular flexibility index (Phi) is 5.24. The van der Waals surface area contributed by atoms with Crippen molar-refractivity contribution in [3.63, 3.8) is 0 Å². The fraction of sp³-hybridized carbons (Fsp3) is 0.600. The number of amides is 1. The summed E-state index contributed by atoms with van der Waals surface area (Å²) in [6.45, 7) is 3.02. The topological polar surface area (TPSA) is 68.0 Å². The van der Waals surface area contributed by atoms with Crippen molar-refractivity contribution in [2.24, 2.45) is 11.8 Å². The van der Waals surface area contributed by atoms with Gasteiger partial charge in [-0.1, -0.05) is 37.8 Å². The van der Waals surface area contributed by atoms with Crippen LogP contribution in [0.2, 0.25) is 5.02 Å². The van der Waals surface area contributed by atoms with Crippen LogP contribution in [-0.2, 0) is 0 Å². The smallest absolute Gasteiger partial charge is 0.252 e. The molecule has 1 heterocycles. The van der Waals surface area contributed by atoms with Crippen molar-refractivity contribution in [2.45, 2.75) is 39.0 Å². The molecule has 110 valence electrons. The Morgan fingerprint density at radius 2 is 2.35 bits per heavy atom. The first kappa shape index (κ1) is 15.1. The summed E-state index contributed by atoms with van der Waals surface area (Å²) in [6.07, 6.45) is 7.74. The Hall–Kier alpha value is -1.29. The maximum atomic E-state index is 12.0. The summed E-state index contributed by atoms with van der Waals surface area (Å²) in [5, 5.41) is 3.25. The highest BCUT2D eigenvalue weighted by molar-refractivity contribution is 6.33. The van der Waals surface area contributed by atoms with Crippen LogP contribution in [0.25, 0.3) is 0 Å². The first-order chi connectivity index (χ1) is 9.56. The maximum Gasteiger partial charge on any atom is 0.252 e. The minimum absolute atomic E-state index is 0.136. The third-order valence-corrected chi connectivity index (χ3v) is 4.32. The van der Waals surface area contributed by atoms with Crippen molar-refractivity contribution in [1.29, 1.82) is 0 Å². The summed E-state index contributed by atoms with van der Waals surface area (Å²) in [4.78, 5) is 15.9. The van der Waals surface area contributed by atoms with Crippen LogP contribution in [0.3, 0.4) is 0 Å². The highest BCUT2D eigenvalue weighted by Gasteiger charge is 2.18. The van der Waals surface area contributed by atoms with E-state index >= 15 is 0 Å². The Balaban J connectivity index is 1.78. The lowest BCUT2D eigenvalue weighted by Gasteiger charge is -2.26. The molecule has 1 fully saturated rings. The number of nitrogen functional groups attached to an aromatic ring is 1. The predicted molar refractivity (Wildman–Crippen MR) is 81.7 cm³/mol. The summed E-state index contributed by atoms with van der Waals surface area (Å²) in [5.74, 6) is 1.68. The van der Waals surface area contributed by atoms with E-state index in [2.05, 4.69) is 17.2 Å². The molecule has 2 atom stereocenters. The molecule has 1 aliphatic rings. The number of nitrogens with two attached hydrogens (primary N) is 1. The van der Waals surface area contributed by atoms with Crippen LogP contribution in [0.5, 0.6) is 0 Å². The highest BCUT2D eigenvalue weighted by Crippen LogP contribution is 2.30. The fourth-order valence-corrected chi connectivity index (χ4v) is 3.05. The van der Waals surface area contributed by atoms with Crippen LogP contribution >= 0.6 is 11.6 Å². The van der Waals surface area contributed by atoms with Crippen LogP contribution in [-0.4, -0.2) is 17.4 Å². The summed E-state index contributed by atoms with van der Waals surface area (Å²) in [6, 6.07) is 1.56. The Labute approximate surface area is 125 Å². The van der Waals surface area contributed by atoms with Crippen molar-refractivity contribution < 1.29 is 4.79 Å². The van der Waals surface area contributed by atoms with Gasteiger partial charge in [-0.25, -0.2) is 4.98 Å². The number of pyridine rings is 1. The van der Waals surface area contributed by atoms with Crippen LogP contribution in [0.15, 0.2) is 12.3 Å². The van der Waals surface area contributed by atoms with Crippen LogP contribution < -0.4 is 11.1 Å². The minimum atomic E-state index is -0.136. The zero-order valence-corrected chi connectivity index (χ0v) is 12.6. The molecule has 0 spiro atoms. The van der Waals surface area contributed by atoms with Crippen molar-refractivity contribution in [2.75, 3.05) is 12.3 Å². The number of anilines is 1. The highest BCUT2D eigenvalue weighted by atomic mass is 35.5. The van der Waals surface area contributed by atoms with Gasteiger partial charge in [0.2, 0.25) is 0 Å². The fourth-order valence-electron chi connectivity index (χ4n) is 2.89. The van der Waals surface area contributed by atoms with Gasteiger partial charge in [0.25, 0.3) is 5.91 Å². The van der Waals surface area contributed by atoms with E-state index in [-0.39, 0.29) is 11.7 Å². The Bertz CT molecular complexity index is 478. The Morgan fingerprint density at radius 1 is 1.55 bits per heavy atom. The summed E-state index contributed by atoms with van der Waals surface area (Å²) in [7, 11) is 0. The van der Waals surface area contributed by atoms with E-state index in [1.165, 1.54) is 31.9 Å². The molecule has 2 unspecified atom stereocenters. The molecule has 0 aromatic carbocycles. The quantitative estimate of drug-likeness (QED) is 0.896. The zero-order valence-electron chi connectivity index (χ0n) is 11.9. The molecule has 3 N–H and O–H groups in total. The second-order valence-corrected chi connectivity index (χ2v) is 6.18. The molecule has 5 heteroatoms. The first-order valence-electron chi connectivity index (χ1n) is 7.25. The number of halogens is 1. The Morgan fingerprint density at radius 3 is 3.05 bits per heavy atom. The van der Waals surface area contributed by atoms with E-state index in [1.807, 2.05) is 0 Å². The number of aromatic nitrogens is 1. The van der Waals surface area contributed by atoms with Crippen molar-refractivity contribution in [3.8, 4) is 0 Å². The third-order valence-electron chi connectivity index (χ3n) is 4.01. The van der Waals surface area contributed by atoms with Gasteiger partial charge in [-0.2, -0.15) is 0 Å². The second kappa shape index (κ2) is 6.93. The van der Waals surface area contributed by atoms with Crippen molar-refractivity contribution in [3.05, 3.63) is 22.8 Å². The van der Waals surface area contributed by atoms with Gasteiger partial charge in [0.05, 0.1) is 10.6 Å². The normalized spacial score (nSPS) is 22.5. The lowest BCUT2D eigenvalue weighted by molar-refractivity contribution is 0.0949. The SMILES string of the molecule is CC1CCCC(CCNC(=O)c2cnc(N)c(Cl)c2)C1. The van der Waals surface area contributed by atoms with Gasteiger partial charge < -0.3 is 11.1 Å². The molecule has 1 saturated carbocycles. The molecule has 1 aromatic heterocycles. The average Bonchev–Trinajstić information content (AvgIpc) is 2.42. The van der Waals surface area contributed by atoms with E-state index < -0.39 is 0 Å². The molecule has 4 nitrogen and oxygen atoms in total. The van der Waals surface area contributed by atoms with E-state index in [9.17, 15) is 4.79 Å². The first-order valence-corrected chi connectivity index (χ1v) is 7.63. The van der Waals surface area contributed by atoms with Gasteiger partial charge in [0.1, 0.15) is 5.82 Å². The third kappa shape index (κ3) is 4.10. The standard InChI is InChI=1S/C15H22ClN3O/c1-10-3-2-4-11(7-10)5-6-18-15(20)12-8-13(16)14(17)19-9-12/h8-11H,2-7H2,1H3,(H2,17,19)(H,18,20). The van der Waals surface area contributed by atoms with Gasteiger partial charge in [-0.05, 0) is 30.7 Å². The maximum absolute atomic E-state index is 12.0. The molecule has 0 radical (unpaired) electrons. The molecular formula is C15H22ClN3O. The molecule has 1 aliphatic carbocycles. The monoisotopic (exact) mass is 295 g/mol. The molecule has 1 amide bonds.